The Balaban J connectivity index is 2.15. The molecular formula is C7H6BrNO2S. The molecule has 1 amide bonds. The number of amides is 1. The Kier molecular flexibility index (Phi) is 2.06. The van der Waals surface area contributed by atoms with Crippen molar-refractivity contribution in [3.05, 3.63) is 20.8 Å². The third-order valence-corrected chi connectivity index (χ3v) is 3.19. The summed E-state index contributed by atoms with van der Waals surface area (Å²) in [6.07, 6.45) is -0.331. The van der Waals surface area contributed by atoms with Crippen molar-refractivity contribution in [2.24, 2.45) is 0 Å². The first-order chi connectivity index (χ1) is 5.75. The highest BCUT2D eigenvalue weighted by molar-refractivity contribution is 9.11. The van der Waals surface area contributed by atoms with Crippen LogP contribution in [0.4, 0.5) is 4.79 Å². The van der Waals surface area contributed by atoms with Gasteiger partial charge < -0.3 is 10.1 Å². The van der Waals surface area contributed by atoms with Crippen molar-refractivity contribution < 1.29 is 9.53 Å². The summed E-state index contributed by atoms with van der Waals surface area (Å²) in [5.41, 5.74) is 1.10. The summed E-state index contributed by atoms with van der Waals surface area (Å²) in [6, 6.07) is 2.02. The topological polar surface area (TPSA) is 38.3 Å². The van der Waals surface area contributed by atoms with Crippen LogP contribution in [0.5, 0.6) is 0 Å². The van der Waals surface area contributed by atoms with Gasteiger partial charge in [-0.05, 0) is 32.9 Å². The molecule has 1 aromatic rings. The van der Waals surface area contributed by atoms with Gasteiger partial charge in [-0.3, -0.25) is 0 Å². The molecule has 1 aromatic heterocycles. The van der Waals surface area contributed by atoms with Crippen LogP contribution in [0.2, 0.25) is 0 Å². The summed E-state index contributed by atoms with van der Waals surface area (Å²) in [4.78, 5) is 10.7. The second kappa shape index (κ2) is 3.06. The zero-order valence-corrected chi connectivity index (χ0v) is 8.44. The van der Waals surface area contributed by atoms with Gasteiger partial charge in [-0.25, -0.2) is 4.79 Å². The molecule has 1 aliphatic rings. The Bertz CT molecular complexity index is 312. The molecule has 64 valence electrons. The van der Waals surface area contributed by atoms with Crippen LogP contribution in [0.1, 0.15) is 11.6 Å². The number of hydrogen-bond donors (Lipinski definition) is 1. The SMILES string of the molecule is O=C1NC(c2csc(Br)c2)CO1. The summed E-state index contributed by atoms with van der Waals surface area (Å²) in [7, 11) is 0. The highest BCUT2D eigenvalue weighted by Gasteiger charge is 2.24. The molecule has 12 heavy (non-hydrogen) atoms. The fraction of sp³-hybridized carbons (Fsp3) is 0.286. The lowest BCUT2D eigenvalue weighted by molar-refractivity contribution is 0.177. The van der Waals surface area contributed by atoms with E-state index in [-0.39, 0.29) is 12.1 Å². The van der Waals surface area contributed by atoms with Gasteiger partial charge in [0.25, 0.3) is 0 Å². The third-order valence-electron chi connectivity index (χ3n) is 1.66. The quantitative estimate of drug-likeness (QED) is 0.828. The second-order valence-electron chi connectivity index (χ2n) is 2.48. The molecule has 1 saturated heterocycles. The van der Waals surface area contributed by atoms with E-state index in [9.17, 15) is 4.79 Å². The summed E-state index contributed by atoms with van der Waals surface area (Å²) in [5, 5.41) is 4.71. The molecule has 1 fully saturated rings. The number of carbonyl (C=O) groups is 1. The van der Waals surface area contributed by atoms with E-state index in [1.165, 1.54) is 0 Å². The first-order valence-electron chi connectivity index (χ1n) is 3.43. The van der Waals surface area contributed by atoms with Crippen molar-refractivity contribution in [2.75, 3.05) is 6.61 Å². The Morgan fingerprint density at radius 1 is 1.75 bits per heavy atom. The fourth-order valence-electron chi connectivity index (χ4n) is 1.07. The molecule has 0 aliphatic carbocycles. The monoisotopic (exact) mass is 247 g/mol. The normalized spacial score (nSPS) is 22.1. The third kappa shape index (κ3) is 1.47. The molecule has 3 nitrogen and oxygen atoms in total. The van der Waals surface area contributed by atoms with Crippen LogP contribution >= 0.6 is 27.3 Å². The van der Waals surface area contributed by atoms with Gasteiger partial charge in [-0.2, -0.15) is 0 Å². The van der Waals surface area contributed by atoms with E-state index >= 15 is 0 Å². The van der Waals surface area contributed by atoms with E-state index in [1.807, 2.05) is 11.4 Å². The Morgan fingerprint density at radius 3 is 3.08 bits per heavy atom. The maximum absolute atomic E-state index is 10.7. The average molecular weight is 248 g/mol. The highest BCUT2D eigenvalue weighted by atomic mass is 79.9. The Morgan fingerprint density at radius 2 is 2.58 bits per heavy atom. The van der Waals surface area contributed by atoms with Crippen LogP contribution in [-0.4, -0.2) is 12.7 Å². The van der Waals surface area contributed by atoms with Gasteiger partial charge in [-0.15, -0.1) is 11.3 Å². The molecule has 1 atom stereocenters. The van der Waals surface area contributed by atoms with Crippen molar-refractivity contribution in [1.82, 2.24) is 5.32 Å². The zero-order valence-electron chi connectivity index (χ0n) is 6.04. The molecule has 1 unspecified atom stereocenters. The molecule has 0 radical (unpaired) electrons. The van der Waals surface area contributed by atoms with E-state index in [4.69, 9.17) is 4.74 Å². The number of ether oxygens (including phenoxy) is 1. The molecule has 0 spiro atoms. The van der Waals surface area contributed by atoms with E-state index in [0.717, 1.165) is 9.35 Å². The van der Waals surface area contributed by atoms with Crippen LogP contribution in [0, 0.1) is 0 Å². The predicted molar refractivity (Wildman–Crippen MR) is 49.2 cm³/mol. The van der Waals surface area contributed by atoms with Gasteiger partial charge in [0, 0.05) is 0 Å². The van der Waals surface area contributed by atoms with Crippen molar-refractivity contribution in [3.8, 4) is 0 Å². The van der Waals surface area contributed by atoms with E-state index < -0.39 is 0 Å². The minimum absolute atomic E-state index is 0.0278. The van der Waals surface area contributed by atoms with E-state index in [0.29, 0.717) is 6.61 Å². The molecule has 0 saturated carbocycles. The number of alkyl carbamates (subject to hydrolysis) is 1. The van der Waals surface area contributed by atoms with Crippen molar-refractivity contribution >= 4 is 33.4 Å². The summed E-state index contributed by atoms with van der Waals surface area (Å²) < 4.78 is 5.84. The lowest BCUT2D eigenvalue weighted by Gasteiger charge is -2.01. The summed E-state index contributed by atoms with van der Waals surface area (Å²) in [5.74, 6) is 0. The first kappa shape index (κ1) is 8.07. The molecule has 2 heterocycles. The molecule has 1 aliphatic heterocycles. The number of nitrogens with one attached hydrogen (secondary N) is 1. The number of halogens is 1. The molecule has 0 aromatic carbocycles. The number of carbonyl (C=O) groups excluding carboxylic acids is 1. The molecule has 0 bridgehead atoms. The maximum Gasteiger partial charge on any atom is 0.407 e. The van der Waals surface area contributed by atoms with Crippen LogP contribution in [0.15, 0.2) is 15.2 Å². The smallest absolute Gasteiger partial charge is 0.407 e. The maximum atomic E-state index is 10.7. The van der Waals surface area contributed by atoms with Gasteiger partial charge in [0.15, 0.2) is 0 Å². The first-order valence-corrected chi connectivity index (χ1v) is 5.10. The fourth-order valence-corrected chi connectivity index (χ4v) is 2.30. The molecule has 1 N–H and O–H groups in total. The summed E-state index contributed by atoms with van der Waals surface area (Å²) >= 11 is 4.96. The van der Waals surface area contributed by atoms with Crippen LogP contribution < -0.4 is 5.32 Å². The molecule has 5 heteroatoms. The summed E-state index contributed by atoms with van der Waals surface area (Å²) in [6.45, 7) is 0.433. The number of cyclic esters (lactones) is 1. The molecular weight excluding hydrogens is 242 g/mol. The number of hydrogen-bond acceptors (Lipinski definition) is 3. The largest absolute Gasteiger partial charge is 0.447 e. The second-order valence-corrected chi connectivity index (χ2v) is 4.77. The number of rotatable bonds is 1. The highest BCUT2D eigenvalue weighted by Crippen LogP contribution is 2.27. The van der Waals surface area contributed by atoms with Crippen LogP contribution in [0.3, 0.4) is 0 Å². The van der Waals surface area contributed by atoms with Gasteiger partial charge in [0.1, 0.15) is 6.61 Å². The van der Waals surface area contributed by atoms with Crippen LogP contribution in [-0.2, 0) is 4.74 Å². The van der Waals surface area contributed by atoms with Crippen LogP contribution in [0.25, 0.3) is 0 Å². The lowest BCUT2D eigenvalue weighted by atomic mass is 10.2. The van der Waals surface area contributed by atoms with E-state index in [2.05, 4.69) is 21.2 Å². The van der Waals surface area contributed by atoms with Gasteiger partial charge >= 0.3 is 6.09 Å². The van der Waals surface area contributed by atoms with Gasteiger partial charge in [0.05, 0.1) is 9.83 Å². The Labute approximate surface area is 81.9 Å². The van der Waals surface area contributed by atoms with Crippen molar-refractivity contribution in [1.29, 1.82) is 0 Å². The number of thiophene rings is 1. The van der Waals surface area contributed by atoms with Gasteiger partial charge in [0.2, 0.25) is 0 Å². The minimum atomic E-state index is -0.331. The lowest BCUT2D eigenvalue weighted by Crippen LogP contribution is -2.17. The Hall–Kier alpha value is -0.550. The zero-order chi connectivity index (χ0) is 8.55. The van der Waals surface area contributed by atoms with Gasteiger partial charge in [-0.1, -0.05) is 0 Å². The minimum Gasteiger partial charge on any atom is -0.447 e. The predicted octanol–water partition coefficient (Wildman–Crippen LogP) is 2.29. The average Bonchev–Trinajstić information content (AvgIpc) is 2.58. The van der Waals surface area contributed by atoms with E-state index in [1.54, 1.807) is 11.3 Å². The standard InChI is InChI=1S/C7H6BrNO2S/c8-6-1-4(3-12-6)5-2-11-7(10)9-5/h1,3,5H,2H2,(H,9,10). The van der Waals surface area contributed by atoms with Crippen molar-refractivity contribution in [2.45, 2.75) is 6.04 Å². The molecule has 2 rings (SSSR count). The van der Waals surface area contributed by atoms with Crippen molar-refractivity contribution in [3.63, 3.8) is 0 Å².